The van der Waals surface area contributed by atoms with E-state index >= 15 is 0 Å². The van der Waals surface area contributed by atoms with E-state index in [2.05, 4.69) is 32.7 Å². The van der Waals surface area contributed by atoms with Gasteiger partial charge in [0.1, 0.15) is 0 Å². The van der Waals surface area contributed by atoms with E-state index in [9.17, 15) is 4.79 Å². The smallest absolute Gasteiger partial charge is 0.223 e. The van der Waals surface area contributed by atoms with E-state index in [0.717, 1.165) is 26.1 Å². The van der Waals surface area contributed by atoms with Crippen molar-refractivity contribution in [3.05, 3.63) is 0 Å². The molecule has 1 heterocycles. The molecule has 0 aromatic rings. The van der Waals surface area contributed by atoms with Gasteiger partial charge in [0.25, 0.3) is 0 Å². The molecule has 4 nitrogen and oxygen atoms in total. The lowest BCUT2D eigenvalue weighted by atomic mass is 9.93. The van der Waals surface area contributed by atoms with Gasteiger partial charge in [-0.05, 0) is 38.8 Å². The Balaban J connectivity index is 2.48. The number of likely N-dealkylation sites (N-methyl/N-ethyl adjacent to an activating group) is 1. The first-order valence-electron chi connectivity index (χ1n) is 7.12. The molecule has 1 aliphatic heterocycles. The number of nitrogens with two attached hydrogens (primary N) is 1. The van der Waals surface area contributed by atoms with Crippen molar-refractivity contribution in [2.24, 2.45) is 17.6 Å². The third kappa shape index (κ3) is 4.58. The maximum Gasteiger partial charge on any atom is 0.223 e. The third-order valence-corrected chi connectivity index (χ3v) is 3.75. The SMILES string of the molecule is CC(C)CC(CN)CC(=O)N1CCN(C)CC1C. The summed E-state index contributed by atoms with van der Waals surface area (Å²) >= 11 is 0. The molecule has 2 unspecified atom stereocenters. The number of nitrogens with zero attached hydrogens (tertiary/aromatic N) is 2. The van der Waals surface area contributed by atoms with Crippen LogP contribution in [0.15, 0.2) is 0 Å². The van der Waals surface area contributed by atoms with Crippen molar-refractivity contribution in [3.8, 4) is 0 Å². The molecule has 0 bridgehead atoms. The van der Waals surface area contributed by atoms with Gasteiger partial charge in [-0.25, -0.2) is 0 Å². The van der Waals surface area contributed by atoms with Gasteiger partial charge in [0.15, 0.2) is 0 Å². The first-order chi connectivity index (χ1) is 8.43. The van der Waals surface area contributed by atoms with Crippen LogP contribution >= 0.6 is 0 Å². The number of amides is 1. The lowest BCUT2D eigenvalue weighted by molar-refractivity contribution is -0.136. The van der Waals surface area contributed by atoms with E-state index in [1.165, 1.54) is 0 Å². The zero-order chi connectivity index (χ0) is 13.7. The van der Waals surface area contributed by atoms with E-state index in [1.54, 1.807) is 0 Å². The number of rotatable bonds is 5. The molecular weight excluding hydrogens is 226 g/mol. The van der Waals surface area contributed by atoms with Gasteiger partial charge in [0, 0.05) is 32.1 Å². The molecular formula is C14H29N3O. The van der Waals surface area contributed by atoms with E-state index in [1.807, 2.05) is 4.90 Å². The average Bonchev–Trinajstić information content (AvgIpc) is 2.27. The summed E-state index contributed by atoms with van der Waals surface area (Å²) in [6, 6.07) is 0.328. The summed E-state index contributed by atoms with van der Waals surface area (Å²) in [5, 5.41) is 0. The molecule has 1 aliphatic rings. The Labute approximate surface area is 111 Å². The number of hydrogen-bond acceptors (Lipinski definition) is 3. The van der Waals surface area contributed by atoms with Gasteiger partial charge in [-0.3, -0.25) is 4.79 Å². The predicted molar refractivity (Wildman–Crippen MR) is 75.3 cm³/mol. The molecule has 0 aliphatic carbocycles. The molecule has 18 heavy (non-hydrogen) atoms. The summed E-state index contributed by atoms with van der Waals surface area (Å²) in [6.45, 7) is 9.93. The zero-order valence-electron chi connectivity index (χ0n) is 12.4. The number of hydrogen-bond donors (Lipinski definition) is 1. The van der Waals surface area contributed by atoms with Crippen molar-refractivity contribution >= 4 is 5.91 Å². The van der Waals surface area contributed by atoms with E-state index in [4.69, 9.17) is 5.73 Å². The Hall–Kier alpha value is -0.610. The normalized spacial score (nSPS) is 23.4. The van der Waals surface area contributed by atoms with Crippen molar-refractivity contribution < 1.29 is 4.79 Å². The topological polar surface area (TPSA) is 49.6 Å². The minimum atomic E-state index is 0.284. The van der Waals surface area contributed by atoms with Gasteiger partial charge in [-0.2, -0.15) is 0 Å². The molecule has 1 fully saturated rings. The minimum absolute atomic E-state index is 0.284. The van der Waals surface area contributed by atoms with Gasteiger partial charge in [0.2, 0.25) is 5.91 Å². The van der Waals surface area contributed by atoms with Gasteiger partial charge in [-0.15, -0.1) is 0 Å². The van der Waals surface area contributed by atoms with Gasteiger partial charge >= 0.3 is 0 Å². The number of carbonyl (C=O) groups excluding carboxylic acids is 1. The molecule has 0 aromatic carbocycles. The fraction of sp³-hybridized carbons (Fsp3) is 0.929. The van der Waals surface area contributed by atoms with E-state index in [-0.39, 0.29) is 5.91 Å². The van der Waals surface area contributed by atoms with Crippen LogP contribution in [-0.4, -0.2) is 55.0 Å². The summed E-state index contributed by atoms with van der Waals surface area (Å²) in [6.07, 6.45) is 1.66. The van der Waals surface area contributed by atoms with Crippen LogP contribution in [0.5, 0.6) is 0 Å². The molecule has 2 N–H and O–H groups in total. The maximum absolute atomic E-state index is 12.3. The third-order valence-electron chi connectivity index (χ3n) is 3.75. The molecule has 106 valence electrons. The Morgan fingerprint density at radius 1 is 1.39 bits per heavy atom. The van der Waals surface area contributed by atoms with Crippen molar-refractivity contribution in [2.75, 3.05) is 33.2 Å². The maximum atomic E-state index is 12.3. The van der Waals surface area contributed by atoms with Crippen LogP contribution in [0.4, 0.5) is 0 Å². The molecule has 1 saturated heterocycles. The highest BCUT2D eigenvalue weighted by Gasteiger charge is 2.27. The summed E-state index contributed by atoms with van der Waals surface area (Å²) < 4.78 is 0. The van der Waals surface area contributed by atoms with Crippen LogP contribution in [0.25, 0.3) is 0 Å². The second-order valence-corrected chi connectivity index (χ2v) is 6.13. The molecule has 4 heteroatoms. The quantitative estimate of drug-likeness (QED) is 0.802. The van der Waals surface area contributed by atoms with Crippen molar-refractivity contribution in [1.29, 1.82) is 0 Å². The van der Waals surface area contributed by atoms with Crippen LogP contribution in [-0.2, 0) is 4.79 Å². The average molecular weight is 255 g/mol. The standard InChI is InChI=1S/C14H29N3O/c1-11(2)7-13(9-15)8-14(18)17-6-5-16(4)10-12(17)3/h11-13H,5-10,15H2,1-4H3. The Bertz CT molecular complexity index is 268. The largest absolute Gasteiger partial charge is 0.337 e. The molecule has 2 atom stereocenters. The Kier molecular flexibility index (Phi) is 6.09. The van der Waals surface area contributed by atoms with Crippen molar-refractivity contribution in [3.63, 3.8) is 0 Å². The van der Waals surface area contributed by atoms with E-state index < -0.39 is 0 Å². The summed E-state index contributed by atoms with van der Waals surface area (Å²) in [5.41, 5.74) is 5.78. The highest BCUT2D eigenvalue weighted by Crippen LogP contribution is 2.18. The lowest BCUT2D eigenvalue weighted by Gasteiger charge is -2.39. The fourth-order valence-corrected chi connectivity index (χ4v) is 2.80. The number of piperazine rings is 1. The van der Waals surface area contributed by atoms with Gasteiger partial charge in [-0.1, -0.05) is 13.8 Å². The molecule has 1 amide bonds. The predicted octanol–water partition coefficient (Wildman–Crippen LogP) is 1.16. The Morgan fingerprint density at radius 2 is 2.06 bits per heavy atom. The summed E-state index contributed by atoms with van der Waals surface area (Å²) in [5.74, 6) is 1.23. The molecule has 0 saturated carbocycles. The molecule has 0 aromatic heterocycles. The Morgan fingerprint density at radius 3 is 2.56 bits per heavy atom. The van der Waals surface area contributed by atoms with E-state index in [0.29, 0.717) is 30.8 Å². The van der Waals surface area contributed by atoms with Crippen molar-refractivity contribution in [2.45, 2.75) is 39.7 Å². The zero-order valence-corrected chi connectivity index (χ0v) is 12.4. The van der Waals surface area contributed by atoms with Gasteiger partial charge < -0.3 is 15.5 Å². The fourth-order valence-electron chi connectivity index (χ4n) is 2.80. The second kappa shape index (κ2) is 7.10. The molecule has 0 spiro atoms. The van der Waals surface area contributed by atoms with Crippen molar-refractivity contribution in [1.82, 2.24) is 9.80 Å². The molecule has 1 rings (SSSR count). The highest BCUT2D eigenvalue weighted by atomic mass is 16.2. The first kappa shape index (κ1) is 15.4. The highest BCUT2D eigenvalue weighted by molar-refractivity contribution is 5.77. The number of carbonyl (C=O) groups is 1. The monoisotopic (exact) mass is 255 g/mol. The van der Waals surface area contributed by atoms with Crippen LogP contribution < -0.4 is 5.73 Å². The summed E-state index contributed by atoms with van der Waals surface area (Å²) in [4.78, 5) is 16.6. The van der Waals surface area contributed by atoms with Gasteiger partial charge in [0.05, 0.1) is 0 Å². The van der Waals surface area contributed by atoms with Crippen LogP contribution in [0.3, 0.4) is 0 Å². The first-order valence-corrected chi connectivity index (χ1v) is 7.12. The van der Waals surface area contributed by atoms with Crippen LogP contribution in [0.2, 0.25) is 0 Å². The minimum Gasteiger partial charge on any atom is -0.337 e. The van der Waals surface area contributed by atoms with Crippen LogP contribution in [0, 0.1) is 11.8 Å². The summed E-state index contributed by atoms with van der Waals surface area (Å²) in [7, 11) is 2.11. The molecule has 0 radical (unpaired) electrons. The van der Waals surface area contributed by atoms with Crippen LogP contribution in [0.1, 0.15) is 33.6 Å². The lowest BCUT2D eigenvalue weighted by Crippen LogP contribution is -2.53. The second-order valence-electron chi connectivity index (χ2n) is 6.13.